The van der Waals surface area contributed by atoms with Crippen molar-refractivity contribution in [2.24, 2.45) is 29.6 Å². The molecule has 0 nitrogen and oxygen atoms in total. The number of hydrogen-bond donors (Lipinski definition) is 0. The van der Waals surface area contributed by atoms with Gasteiger partial charge in [0, 0.05) is 5.92 Å². The van der Waals surface area contributed by atoms with Gasteiger partial charge < -0.3 is 0 Å². The van der Waals surface area contributed by atoms with Gasteiger partial charge in [-0.15, -0.1) is 0 Å². The second-order valence-corrected chi connectivity index (χ2v) is 19.9. The number of unbranched alkanes of at least 4 members (excludes halogenated alkanes) is 4. The maximum Gasteiger partial charge on any atom is 0.0157 e. The zero-order chi connectivity index (χ0) is 45.1. The van der Waals surface area contributed by atoms with Crippen LogP contribution in [-0.2, 0) is 0 Å². The van der Waals surface area contributed by atoms with E-state index in [4.69, 9.17) is 26.3 Å². The normalized spacial score (nSPS) is 17.0. The first-order chi connectivity index (χ1) is 30.6. The van der Waals surface area contributed by atoms with E-state index in [1.165, 1.54) is 164 Å². The zero-order valence-corrected chi connectivity index (χ0v) is 40.9. The van der Waals surface area contributed by atoms with Crippen LogP contribution in [-0.4, -0.2) is 0 Å². The molecule has 0 amide bonds. The van der Waals surface area contributed by atoms with E-state index in [2.05, 4.69) is 145 Å². The standard InChI is InChI=1S/C32H44.C31H42/c1-6-7-10-18-25(3)31(29-21-13-9-14-22-29)32(26(4)28-19-11-8-12-20-28)27(5)30-23-16-15-17-24(30)2;1-6-7-9-15-25(4)30(27-16-10-8-11-17-27)31(28-21-19-23(2)20-22-28)26(5)29-18-13-12-14-24(29)3/h8,11-12,15-17,19-20,23,26,29,31-32H,3,5-7,9-10,13-14,18,21-22H2,1-2,4H3;12-14,18-22,27,30-31H,4-11,15-17H2,1-3H3. The third-order valence-corrected chi connectivity index (χ3v) is 15.3. The van der Waals surface area contributed by atoms with E-state index < -0.39 is 0 Å². The fraction of sp³-hybridized carbons (Fsp3) is 0.492. The monoisotopic (exact) mass is 843 g/mol. The summed E-state index contributed by atoms with van der Waals surface area (Å²) in [5.41, 5.74) is 15.0. The Morgan fingerprint density at radius 3 is 1.43 bits per heavy atom. The topological polar surface area (TPSA) is 0 Å². The molecule has 0 aliphatic heterocycles. The average Bonchev–Trinajstić information content (AvgIpc) is 3.31. The van der Waals surface area contributed by atoms with Crippen molar-refractivity contribution in [1.82, 2.24) is 0 Å². The minimum absolute atomic E-state index is 0.305. The van der Waals surface area contributed by atoms with Gasteiger partial charge in [-0.05, 0) is 152 Å². The van der Waals surface area contributed by atoms with E-state index in [0.717, 1.165) is 24.7 Å². The van der Waals surface area contributed by atoms with E-state index in [0.29, 0.717) is 29.6 Å². The largest absolute Gasteiger partial charge is 0.0995 e. The molecule has 5 atom stereocenters. The van der Waals surface area contributed by atoms with Gasteiger partial charge in [0.15, 0.2) is 0 Å². The smallest absolute Gasteiger partial charge is 0.0157 e. The Hall–Kier alpha value is -4.16. The van der Waals surface area contributed by atoms with Crippen molar-refractivity contribution >= 4 is 11.1 Å². The minimum atomic E-state index is 0.305. The highest BCUT2D eigenvalue weighted by molar-refractivity contribution is 5.73. The number of allylic oxidation sites excluding steroid dienone is 4. The number of benzene rings is 4. The van der Waals surface area contributed by atoms with Crippen LogP contribution >= 0.6 is 0 Å². The lowest BCUT2D eigenvalue weighted by molar-refractivity contribution is 0.219. The van der Waals surface area contributed by atoms with Gasteiger partial charge in [0.05, 0.1) is 0 Å². The van der Waals surface area contributed by atoms with Gasteiger partial charge in [0.2, 0.25) is 0 Å². The molecule has 0 saturated heterocycles. The molecule has 0 aromatic heterocycles. The van der Waals surface area contributed by atoms with Gasteiger partial charge in [0.25, 0.3) is 0 Å². The summed E-state index contributed by atoms with van der Waals surface area (Å²) in [5.74, 6) is 3.54. The van der Waals surface area contributed by atoms with Crippen LogP contribution in [0.15, 0.2) is 141 Å². The summed E-state index contributed by atoms with van der Waals surface area (Å²) in [4.78, 5) is 0. The van der Waals surface area contributed by atoms with Gasteiger partial charge >= 0.3 is 0 Å². The van der Waals surface area contributed by atoms with Crippen LogP contribution in [0.3, 0.4) is 0 Å². The molecule has 0 radical (unpaired) electrons. The second-order valence-electron chi connectivity index (χ2n) is 19.9. The molecule has 2 saturated carbocycles. The molecule has 2 aliphatic rings. The number of hydrogen-bond acceptors (Lipinski definition) is 0. The Balaban J connectivity index is 0.000000238. The summed E-state index contributed by atoms with van der Waals surface area (Å²) in [6.45, 7) is 32.6. The van der Waals surface area contributed by atoms with Gasteiger partial charge in [-0.1, -0.05) is 231 Å². The summed E-state index contributed by atoms with van der Waals surface area (Å²) < 4.78 is 0. The van der Waals surface area contributed by atoms with Crippen molar-refractivity contribution in [3.8, 4) is 0 Å². The zero-order valence-electron chi connectivity index (χ0n) is 40.9. The van der Waals surface area contributed by atoms with Crippen molar-refractivity contribution in [1.29, 1.82) is 0 Å². The average molecular weight is 843 g/mol. The van der Waals surface area contributed by atoms with Crippen molar-refractivity contribution in [3.63, 3.8) is 0 Å². The molecule has 0 N–H and O–H groups in total. The Labute approximate surface area is 387 Å². The van der Waals surface area contributed by atoms with Gasteiger partial charge in [-0.2, -0.15) is 0 Å². The quantitative estimate of drug-likeness (QED) is 0.0579. The fourth-order valence-electron chi connectivity index (χ4n) is 11.7. The summed E-state index contributed by atoms with van der Waals surface area (Å²) in [7, 11) is 0. The molecule has 2 fully saturated rings. The number of rotatable bonds is 21. The number of aryl methyl sites for hydroxylation is 3. The van der Waals surface area contributed by atoms with E-state index >= 15 is 0 Å². The van der Waals surface area contributed by atoms with E-state index in [-0.39, 0.29) is 0 Å². The first kappa shape index (κ1) is 49.8. The SMILES string of the molecule is C=C(CCCCC)C(C1CCCCC1)C(C(=C)c1ccccc1C)C(C)c1ccccc1.C=C(c1ccccc1C)C(c1ccc(C)cc1)C(C(=C)CCCCC)C1CCCCC1. The summed E-state index contributed by atoms with van der Waals surface area (Å²) in [6, 6.07) is 37.9. The van der Waals surface area contributed by atoms with E-state index in [1.54, 1.807) is 0 Å². The lowest BCUT2D eigenvalue weighted by Gasteiger charge is -2.42. The fourth-order valence-corrected chi connectivity index (χ4v) is 11.7. The molecule has 2 aliphatic carbocycles. The summed E-state index contributed by atoms with van der Waals surface area (Å²) >= 11 is 0. The van der Waals surface area contributed by atoms with Crippen molar-refractivity contribution < 1.29 is 0 Å². The van der Waals surface area contributed by atoms with Crippen molar-refractivity contribution in [2.75, 3.05) is 0 Å². The third-order valence-electron chi connectivity index (χ3n) is 15.3. The molecule has 4 aromatic rings. The second kappa shape index (κ2) is 26.0. The Morgan fingerprint density at radius 1 is 0.492 bits per heavy atom. The van der Waals surface area contributed by atoms with Crippen LogP contribution in [0.25, 0.3) is 11.1 Å². The molecular formula is C63H86. The highest BCUT2D eigenvalue weighted by Crippen LogP contribution is 2.51. The van der Waals surface area contributed by atoms with Gasteiger partial charge in [0.1, 0.15) is 0 Å². The molecule has 0 heterocycles. The molecule has 0 heteroatoms. The molecule has 0 spiro atoms. The third kappa shape index (κ3) is 13.9. The van der Waals surface area contributed by atoms with Crippen molar-refractivity contribution in [2.45, 2.75) is 169 Å². The molecule has 0 bridgehead atoms. The molecule has 6 rings (SSSR count). The Morgan fingerprint density at radius 2 is 0.937 bits per heavy atom. The summed E-state index contributed by atoms with van der Waals surface area (Å²) in [6.07, 6.45) is 23.6. The van der Waals surface area contributed by atoms with E-state index in [9.17, 15) is 0 Å². The Kier molecular flexibility index (Phi) is 20.5. The molecular weight excluding hydrogens is 757 g/mol. The van der Waals surface area contributed by atoms with Gasteiger partial charge in [-0.3, -0.25) is 0 Å². The van der Waals surface area contributed by atoms with Crippen LogP contribution in [0.2, 0.25) is 0 Å². The predicted octanol–water partition coefficient (Wildman–Crippen LogP) is 19.2. The maximum atomic E-state index is 4.79. The summed E-state index contributed by atoms with van der Waals surface area (Å²) in [5, 5.41) is 0. The molecule has 338 valence electrons. The van der Waals surface area contributed by atoms with Crippen LogP contribution in [0.4, 0.5) is 0 Å². The van der Waals surface area contributed by atoms with Crippen LogP contribution in [0.1, 0.15) is 187 Å². The first-order valence-corrected chi connectivity index (χ1v) is 25.5. The lowest BCUT2D eigenvalue weighted by Crippen LogP contribution is -2.31. The highest BCUT2D eigenvalue weighted by Gasteiger charge is 2.38. The van der Waals surface area contributed by atoms with Crippen LogP contribution in [0, 0.1) is 50.4 Å². The Bertz CT molecular complexity index is 1990. The van der Waals surface area contributed by atoms with Crippen molar-refractivity contribution in [3.05, 3.63) is 180 Å². The van der Waals surface area contributed by atoms with Crippen LogP contribution < -0.4 is 0 Å². The van der Waals surface area contributed by atoms with Crippen LogP contribution in [0.5, 0.6) is 0 Å². The molecule has 5 unspecified atom stereocenters. The molecule has 4 aromatic carbocycles. The highest BCUT2D eigenvalue weighted by atomic mass is 14.4. The lowest BCUT2D eigenvalue weighted by atomic mass is 9.62. The predicted molar refractivity (Wildman–Crippen MR) is 279 cm³/mol. The van der Waals surface area contributed by atoms with E-state index in [1.807, 2.05) is 0 Å². The maximum absolute atomic E-state index is 4.79. The minimum Gasteiger partial charge on any atom is -0.0995 e. The molecule has 63 heavy (non-hydrogen) atoms. The van der Waals surface area contributed by atoms with Gasteiger partial charge in [-0.25, -0.2) is 0 Å². The first-order valence-electron chi connectivity index (χ1n) is 25.5.